The van der Waals surface area contributed by atoms with Crippen LogP contribution in [-0.4, -0.2) is 124 Å². The standard InChI is InChI=1S/C40H52N10O12/c1-3-21(2)35(50-38(59)26(46-31(52)17-41)13-22-9-5-4-6-10-22)39(60)45-20-33(54)47-27(14-23-18-43-25-12-8-7-11-24(23)25)36(57)44-19-32(53)48-28(15-30(42)51)37(58)49-29(40(61)62)16-34(55)56/h4-12,18,21,26-29,35,43H,3,13-17,19-20,41H2,1-2H3,(H2,42,51)(H,44,57)(H,45,60)(H,46,52)(H,47,54)(H,48,53)(H,49,58)(H,50,59)(H,55,56)(H,61,62)/t21-,26-,27-,28-,29-,35-/m0/s1. The second-order valence-corrected chi connectivity index (χ2v) is 14.3. The Hall–Kier alpha value is -7.36. The van der Waals surface area contributed by atoms with Crippen LogP contribution in [0.15, 0.2) is 60.8 Å². The maximum absolute atomic E-state index is 13.6. The molecule has 1 aromatic heterocycles. The number of carboxylic acid groups (broad SMARTS) is 2. The topological polar surface area (TPSA) is 363 Å². The van der Waals surface area contributed by atoms with Crippen LogP contribution in [-0.2, 0) is 60.8 Å². The van der Waals surface area contributed by atoms with E-state index in [4.69, 9.17) is 16.6 Å². The molecule has 14 N–H and O–H groups in total. The first kappa shape index (κ1) is 49.0. The van der Waals surface area contributed by atoms with E-state index in [-0.39, 0.29) is 19.4 Å². The Bertz CT molecular complexity index is 2110. The Morgan fingerprint density at radius 1 is 0.645 bits per heavy atom. The van der Waals surface area contributed by atoms with Crippen molar-refractivity contribution in [1.82, 2.24) is 42.2 Å². The van der Waals surface area contributed by atoms with Gasteiger partial charge in [0.2, 0.25) is 47.3 Å². The quantitative estimate of drug-likeness (QED) is 0.0406. The van der Waals surface area contributed by atoms with Gasteiger partial charge in [0.1, 0.15) is 30.2 Å². The Kier molecular flexibility index (Phi) is 19.0. The third-order valence-electron chi connectivity index (χ3n) is 9.56. The van der Waals surface area contributed by atoms with Gasteiger partial charge < -0.3 is 63.9 Å². The molecule has 22 nitrogen and oxygen atoms in total. The molecule has 0 saturated carbocycles. The average Bonchev–Trinajstić information content (AvgIpc) is 3.64. The number of carbonyl (C=O) groups excluding carboxylic acids is 8. The molecule has 0 radical (unpaired) electrons. The summed E-state index contributed by atoms with van der Waals surface area (Å²) in [5.74, 6) is -10.7. The maximum atomic E-state index is 13.6. The molecule has 8 amide bonds. The Labute approximate surface area is 355 Å². The molecule has 334 valence electrons. The number of H-pyrrole nitrogens is 1. The number of aliphatic carboxylic acids is 2. The first-order valence-corrected chi connectivity index (χ1v) is 19.5. The van der Waals surface area contributed by atoms with Gasteiger partial charge in [0.05, 0.1) is 32.5 Å². The van der Waals surface area contributed by atoms with Crippen molar-refractivity contribution in [2.75, 3.05) is 19.6 Å². The molecule has 22 heteroatoms. The van der Waals surface area contributed by atoms with Crippen LogP contribution in [0, 0.1) is 5.92 Å². The number of amides is 8. The number of fused-ring (bicyclic) bond motifs is 1. The molecule has 0 bridgehead atoms. The van der Waals surface area contributed by atoms with Crippen molar-refractivity contribution in [2.24, 2.45) is 17.4 Å². The number of aromatic nitrogens is 1. The number of hydrogen-bond donors (Lipinski definition) is 12. The molecule has 0 aliphatic rings. The lowest BCUT2D eigenvalue weighted by Gasteiger charge is -2.26. The van der Waals surface area contributed by atoms with Crippen molar-refractivity contribution in [1.29, 1.82) is 0 Å². The summed E-state index contributed by atoms with van der Waals surface area (Å²) < 4.78 is 0. The molecule has 3 aromatic rings. The molecular formula is C40H52N10O12. The molecule has 0 spiro atoms. The summed E-state index contributed by atoms with van der Waals surface area (Å²) in [6.07, 6.45) is 0.216. The minimum absolute atomic E-state index is 0.0995. The van der Waals surface area contributed by atoms with Crippen LogP contribution in [0.1, 0.15) is 44.2 Å². The van der Waals surface area contributed by atoms with Crippen molar-refractivity contribution < 1.29 is 58.2 Å². The summed E-state index contributed by atoms with van der Waals surface area (Å²) in [6.45, 7) is 1.66. The number of primary amides is 1. The van der Waals surface area contributed by atoms with Crippen molar-refractivity contribution in [3.63, 3.8) is 0 Å². The van der Waals surface area contributed by atoms with E-state index in [1.165, 1.54) is 0 Å². The summed E-state index contributed by atoms with van der Waals surface area (Å²) in [7, 11) is 0. The largest absolute Gasteiger partial charge is 0.481 e. The summed E-state index contributed by atoms with van der Waals surface area (Å²) in [6, 6.07) is 8.71. The number of nitrogens with one attached hydrogen (secondary N) is 8. The zero-order valence-electron chi connectivity index (χ0n) is 34.0. The molecule has 62 heavy (non-hydrogen) atoms. The molecular weight excluding hydrogens is 812 g/mol. The van der Waals surface area contributed by atoms with Gasteiger partial charge >= 0.3 is 11.9 Å². The molecule has 0 unspecified atom stereocenters. The molecule has 2 aromatic carbocycles. The van der Waals surface area contributed by atoms with Crippen LogP contribution in [0.4, 0.5) is 0 Å². The molecule has 0 aliphatic carbocycles. The number of aromatic amines is 1. The predicted molar refractivity (Wildman–Crippen MR) is 220 cm³/mol. The highest BCUT2D eigenvalue weighted by Gasteiger charge is 2.32. The van der Waals surface area contributed by atoms with E-state index in [1.54, 1.807) is 74.6 Å². The van der Waals surface area contributed by atoms with Crippen LogP contribution >= 0.6 is 0 Å². The zero-order chi connectivity index (χ0) is 45.9. The second-order valence-electron chi connectivity index (χ2n) is 14.3. The summed E-state index contributed by atoms with van der Waals surface area (Å²) in [4.78, 5) is 129. The molecule has 3 rings (SSSR count). The van der Waals surface area contributed by atoms with Crippen molar-refractivity contribution >= 4 is 70.1 Å². The van der Waals surface area contributed by atoms with Gasteiger partial charge in [0, 0.05) is 29.9 Å². The smallest absolute Gasteiger partial charge is 0.326 e. The van der Waals surface area contributed by atoms with Crippen LogP contribution in [0.5, 0.6) is 0 Å². The number of para-hydroxylation sites is 1. The Balaban J connectivity index is 1.73. The van der Waals surface area contributed by atoms with E-state index in [2.05, 4.69) is 36.9 Å². The third-order valence-corrected chi connectivity index (χ3v) is 9.56. The van der Waals surface area contributed by atoms with E-state index >= 15 is 0 Å². The molecule has 6 atom stereocenters. The molecule has 0 fully saturated rings. The van der Waals surface area contributed by atoms with E-state index < -0.39 is 121 Å². The van der Waals surface area contributed by atoms with Gasteiger partial charge in [-0.2, -0.15) is 0 Å². The van der Waals surface area contributed by atoms with Gasteiger partial charge in [-0.05, 0) is 23.1 Å². The van der Waals surface area contributed by atoms with E-state index in [1.807, 2.05) is 5.32 Å². The lowest BCUT2D eigenvalue weighted by atomic mass is 9.97. The fourth-order valence-electron chi connectivity index (χ4n) is 6.11. The monoisotopic (exact) mass is 864 g/mol. The number of benzene rings is 2. The van der Waals surface area contributed by atoms with E-state index in [0.717, 1.165) is 11.1 Å². The number of nitrogens with two attached hydrogens (primary N) is 2. The first-order chi connectivity index (χ1) is 29.4. The Morgan fingerprint density at radius 3 is 1.81 bits per heavy atom. The summed E-state index contributed by atoms with van der Waals surface area (Å²) in [5.41, 5.74) is 12.7. The van der Waals surface area contributed by atoms with Crippen LogP contribution in [0.2, 0.25) is 0 Å². The molecule has 0 aliphatic heterocycles. The summed E-state index contributed by atoms with van der Waals surface area (Å²) >= 11 is 0. The lowest BCUT2D eigenvalue weighted by molar-refractivity contribution is -0.147. The van der Waals surface area contributed by atoms with Crippen molar-refractivity contribution in [2.45, 2.75) is 76.2 Å². The van der Waals surface area contributed by atoms with Crippen LogP contribution in [0.25, 0.3) is 10.9 Å². The number of hydrogen-bond acceptors (Lipinski definition) is 11. The second kappa shape index (κ2) is 24.0. The third kappa shape index (κ3) is 15.7. The summed E-state index contributed by atoms with van der Waals surface area (Å²) in [5, 5.41) is 35.7. The molecule has 0 saturated heterocycles. The average molecular weight is 865 g/mol. The first-order valence-electron chi connectivity index (χ1n) is 19.5. The van der Waals surface area contributed by atoms with Crippen molar-refractivity contribution in [3.8, 4) is 0 Å². The minimum Gasteiger partial charge on any atom is -0.481 e. The van der Waals surface area contributed by atoms with Gasteiger partial charge in [-0.25, -0.2) is 4.79 Å². The maximum Gasteiger partial charge on any atom is 0.326 e. The lowest BCUT2D eigenvalue weighted by Crippen LogP contribution is -2.58. The number of carboxylic acids is 2. The highest BCUT2D eigenvalue weighted by Crippen LogP contribution is 2.19. The van der Waals surface area contributed by atoms with Crippen LogP contribution < -0.4 is 48.7 Å². The van der Waals surface area contributed by atoms with Gasteiger partial charge in [-0.1, -0.05) is 68.8 Å². The minimum atomic E-state index is -1.90. The highest BCUT2D eigenvalue weighted by molar-refractivity contribution is 5.97. The van der Waals surface area contributed by atoms with E-state index in [0.29, 0.717) is 17.4 Å². The number of carbonyl (C=O) groups is 10. The molecule has 1 heterocycles. The highest BCUT2D eigenvalue weighted by atomic mass is 16.4. The predicted octanol–water partition coefficient (Wildman–Crippen LogP) is -2.95. The fraction of sp³-hybridized carbons (Fsp3) is 0.400. The van der Waals surface area contributed by atoms with Gasteiger partial charge in [0.15, 0.2) is 0 Å². The van der Waals surface area contributed by atoms with Crippen LogP contribution in [0.3, 0.4) is 0 Å². The Morgan fingerprint density at radius 2 is 1.21 bits per heavy atom. The normalized spacial score (nSPS) is 13.7. The van der Waals surface area contributed by atoms with Gasteiger partial charge in [-0.15, -0.1) is 0 Å². The van der Waals surface area contributed by atoms with E-state index in [9.17, 15) is 53.1 Å². The van der Waals surface area contributed by atoms with Crippen molar-refractivity contribution in [3.05, 3.63) is 71.9 Å². The van der Waals surface area contributed by atoms with Gasteiger partial charge in [-0.3, -0.25) is 43.2 Å². The SMILES string of the molecule is CC[C@H](C)[C@H](NC(=O)[C@H](Cc1ccccc1)NC(=O)CN)C(=O)NCC(=O)N[C@@H](Cc1c[nH]c2ccccc12)C(=O)NCC(=O)N[C@@H](CC(N)=O)C(=O)N[C@@H](CC(=O)O)C(=O)O. The number of rotatable bonds is 25. The fourth-order valence-corrected chi connectivity index (χ4v) is 6.11. The van der Waals surface area contributed by atoms with Gasteiger partial charge in [0.25, 0.3) is 0 Å². The zero-order valence-corrected chi connectivity index (χ0v) is 34.0.